The van der Waals surface area contributed by atoms with Crippen LogP contribution >= 0.6 is 23.2 Å². The summed E-state index contributed by atoms with van der Waals surface area (Å²) < 4.78 is 6.39. The second-order valence-electron chi connectivity index (χ2n) is 9.08. The van der Waals surface area contributed by atoms with Gasteiger partial charge in [0.05, 0.1) is 6.04 Å². The second kappa shape index (κ2) is 10.0. The maximum Gasteiger partial charge on any atom is 0.223 e. The lowest BCUT2D eigenvalue weighted by molar-refractivity contribution is -0.128. The molecule has 2 aliphatic heterocycles. The minimum Gasteiger partial charge on any atom is -0.487 e. The Labute approximate surface area is 201 Å². The minimum atomic E-state index is -0.215. The minimum absolute atomic E-state index is 0.00162. The van der Waals surface area contributed by atoms with Crippen molar-refractivity contribution in [2.24, 2.45) is 5.92 Å². The number of nitrogens with one attached hydrogen (secondary N) is 1. The first-order valence-electron chi connectivity index (χ1n) is 11.7. The summed E-state index contributed by atoms with van der Waals surface area (Å²) >= 11 is 12.4. The van der Waals surface area contributed by atoms with Crippen LogP contribution in [0.25, 0.3) is 0 Å². The van der Waals surface area contributed by atoms with E-state index >= 15 is 0 Å². The number of amides is 1. The van der Waals surface area contributed by atoms with Crippen LogP contribution in [0.3, 0.4) is 0 Å². The number of rotatable bonds is 6. The predicted molar refractivity (Wildman–Crippen MR) is 130 cm³/mol. The number of ether oxygens (including phenoxy) is 1. The molecule has 1 atom stereocenters. The SMILES string of the molecule is CCC1(CC)C[C@@H](NC(=O)C2CCN(Cc3ccc(Cl)cc3Cl)CC2)c2ccccc2O1. The molecule has 1 saturated heterocycles. The first-order valence-corrected chi connectivity index (χ1v) is 12.4. The van der Waals surface area contributed by atoms with Gasteiger partial charge in [-0.2, -0.15) is 0 Å². The Bertz CT molecular complexity index is 953. The first-order chi connectivity index (χ1) is 15.4. The van der Waals surface area contributed by atoms with Crippen LogP contribution in [0, 0.1) is 5.92 Å². The van der Waals surface area contributed by atoms with Crippen molar-refractivity contribution in [1.82, 2.24) is 10.2 Å². The van der Waals surface area contributed by atoms with E-state index in [0.717, 1.165) is 68.6 Å². The number of carbonyl (C=O) groups excluding carboxylic acids is 1. The molecule has 4 nitrogen and oxygen atoms in total. The number of likely N-dealkylation sites (tertiary alicyclic amines) is 1. The maximum atomic E-state index is 13.2. The molecule has 32 heavy (non-hydrogen) atoms. The van der Waals surface area contributed by atoms with Crippen LogP contribution in [0.2, 0.25) is 10.0 Å². The highest BCUT2D eigenvalue weighted by atomic mass is 35.5. The van der Waals surface area contributed by atoms with Gasteiger partial charge in [-0.1, -0.05) is 61.3 Å². The number of para-hydroxylation sites is 1. The Morgan fingerprint density at radius 2 is 1.84 bits per heavy atom. The van der Waals surface area contributed by atoms with Crippen molar-refractivity contribution < 1.29 is 9.53 Å². The first kappa shape index (κ1) is 23.4. The van der Waals surface area contributed by atoms with E-state index in [1.807, 2.05) is 30.3 Å². The van der Waals surface area contributed by atoms with Gasteiger partial charge in [0, 0.05) is 34.5 Å². The number of hydrogen-bond acceptors (Lipinski definition) is 3. The van der Waals surface area contributed by atoms with Gasteiger partial charge in [-0.15, -0.1) is 0 Å². The molecular formula is C26H32Cl2N2O2. The average Bonchev–Trinajstić information content (AvgIpc) is 2.81. The van der Waals surface area contributed by atoms with E-state index in [1.54, 1.807) is 6.07 Å². The van der Waals surface area contributed by atoms with Crippen LogP contribution in [0.5, 0.6) is 5.75 Å². The molecule has 2 aromatic carbocycles. The van der Waals surface area contributed by atoms with Crippen LogP contribution in [-0.2, 0) is 11.3 Å². The van der Waals surface area contributed by atoms with Crippen molar-refractivity contribution in [2.45, 2.75) is 64.1 Å². The number of nitrogens with zero attached hydrogens (tertiary/aromatic N) is 1. The lowest BCUT2D eigenvalue weighted by Crippen LogP contribution is -2.47. The summed E-state index contributed by atoms with van der Waals surface area (Å²) in [5.41, 5.74) is 1.95. The smallest absolute Gasteiger partial charge is 0.223 e. The van der Waals surface area contributed by atoms with Crippen LogP contribution in [0.4, 0.5) is 0 Å². The highest BCUT2D eigenvalue weighted by Crippen LogP contribution is 2.42. The van der Waals surface area contributed by atoms with Gasteiger partial charge in [-0.25, -0.2) is 0 Å². The van der Waals surface area contributed by atoms with Crippen LogP contribution in [0.1, 0.15) is 63.1 Å². The van der Waals surface area contributed by atoms with Gasteiger partial charge in [-0.05, 0) is 62.5 Å². The van der Waals surface area contributed by atoms with Crippen molar-refractivity contribution in [3.8, 4) is 5.75 Å². The van der Waals surface area contributed by atoms with E-state index in [2.05, 4.69) is 30.1 Å². The molecule has 4 rings (SSSR count). The molecular weight excluding hydrogens is 443 g/mol. The fourth-order valence-corrected chi connectivity index (χ4v) is 5.43. The number of halogens is 2. The molecule has 0 aromatic heterocycles. The van der Waals surface area contributed by atoms with E-state index in [4.69, 9.17) is 27.9 Å². The van der Waals surface area contributed by atoms with Gasteiger partial charge in [0.15, 0.2) is 0 Å². The Balaban J connectivity index is 1.37. The van der Waals surface area contributed by atoms with Gasteiger partial charge in [0.2, 0.25) is 5.91 Å². The largest absolute Gasteiger partial charge is 0.487 e. The monoisotopic (exact) mass is 474 g/mol. The maximum absolute atomic E-state index is 13.2. The number of fused-ring (bicyclic) bond motifs is 1. The zero-order valence-corrected chi connectivity index (χ0v) is 20.4. The standard InChI is InChI=1S/C26H32Cl2N2O2/c1-3-26(4-2)16-23(21-7-5-6-8-24(21)32-26)29-25(31)18-11-13-30(14-12-18)17-19-9-10-20(27)15-22(19)28/h5-10,15,18,23H,3-4,11-14,16-17H2,1-2H3,(H,29,31)/t23-/m1/s1. The van der Waals surface area contributed by atoms with Crippen LogP contribution in [0.15, 0.2) is 42.5 Å². The Morgan fingerprint density at radius 1 is 1.12 bits per heavy atom. The highest BCUT2D eigenvalue weighted by molar-refractivity contribution is 6.35. The van der Waals surface area contributed by atoms with Gasteiger partial charge in [-0.3, -0.25) is 9.69 Å². The van der Waals surface area contributed by atoms with Crippen LogP contribution in [-0.4, -0.2) is 29.5 Å². The van der Waals surface area contributed by atoms with E-state index in [0.29, 0.717) is 10.0 Å². The highest BCUT2D eigenvalue weighted by Gasteiger charge is 2.39. The molecule has 6 heteroatoms. The molecule has 172 valence electrons. The fraction of sp³-hybridized carbons (Fsp3) is 0.500. The normalized spacial score (nSPS) is 20.9. The van der Waals surface area contributed by atoms with Crippen LogP contribution < -0.4 is 10.1 Å². The van der Waals surface area contributed by atoms with Gasteiger partial charge < -0.3 is 10.1 Å². The predicted octanol–water partition coefficient (Wildman–Crippen LogP) is 6.40. The topological polar surface area (TPSA) is 41.6 Å². The van der Waals surface area contributed by atoms with Gasteiger partial charge in [0.25, 0.3) is 0 Å². The van der Waals surface area contributed by atoms with Crippen molar-refractivity contribution in [3.05, 3.63) is 63.6 Å². The summed E-state index contributed by atoms with van der Waals surface area (Å²) in [7, 11) is 0. The number of piperidine rings is 1. The number of benzene rings is 2. The molecule has 1 N–H and O–H groups in total. The summed E-state index contributed by atoms with van der Waals surface area (Å²) in [6.07, 6.45) is 4.38. The van der Waals surface area contributed by atoms with Crippen molar-refractivity contribution >= 4 is 29.1 Å². The summed E-state index contributed by atoms with van der Waals surface area (Å²) in [5.74, 6) is 1.11. The lowest BCUT2D eigenvalue weighted by Gasteiger charge is -2.42. The molecule has 0 saturated carbocycles. The van der Waals surface area contributed by atoms with Gasteiger partial charge in [0.1, 0.15) is 11.4 Å². The van der Waals surface area contributed by atoms with Crippen molar-refractivity contribution in [3.63, 3.8) is 0 Å². The van der Waals surface area contributed by atoms with E-state index in [-0.39, 0.29) is 23.5 Å². The zero-order valence-electron chi connectivity index (χ0n) is 18.9. The zero-order chi connectivity index (χ0) is 22.7. The molecule has 0 spiro atoms. The summed E-state index contributed by atoms with van der Waals surface area (Å²) in [6.45, 7) is 6.88. The molecule has 2 heterocycles. The molecule has 2 aliphatic rings. The third-order valence-electron chi connectivity index (χ3n) is 7.17. The third kappa shape index (κ3) is 5.08. The second-order valence-corrected chi connectivity index (χ2v) is 9.93. The van der Waals surface area contributed by atoms with E-state index in [9.17, 15) is 4.79 Å². The average molecular weight is 475 g/mol. The molecule has 0 unspecified atom stereocenters. The third-order valence-corrected chi connectivity index (χ3v) is 7.76. The molecule has 0 aliphatic carbocycles. The van der Waals surface area contributed by atoms with E-state index < -0.39 is 0 Å². The van der Waals surface area contributed by atoms with Crippen molar-refractivity contribution in [1.29, 1.82) is 0 Å². The molecule has 2 aromatic rings. The Kier molecular flexibility index (Phi) is 7.34. The van der Waals surface area contributed by atoms with Gasteiger partial charge >= 0.3 is 0 Å². The van der Waals surface area contributed by atoms with E-state index in [1.165, 1.54) is 0 Å². The summed E-state index contributed by atoms with van der Waals surface area (Å²) in [6, 6.07) is 13.8. The molecule has 0 bridgehead atoms. The Hall–Kier alpha value is -1.75. The molecule has 0 radical (unpaired) electrons. The molecule has 1 fully saturated rings. The quantitative estimate of drug-likeness (QED) is 0.525. The summed E-state index contributed by atoms with van der Waals surface area (Å²) in [4.78, 5) is 15.6. The number of hydrogen-bond donors (Lipinski definition) is 1. The molecule has 1 amide bonds. The number of carbonyl (C=O) groups is 1. The fourth-order valence-electron chi connectivity index (χ4n) is 4.96. The Morgan fingerprint density at radius 3 is 2.53 bits per heavy atom. The lowest BCUT2D eigenvalue weighted by atomic mass is 9.83. The summed E-state index contributed by atoms with van der Waals surface area (Å²) in [5, 5.41) is 4.73. The van der Waals surface area contributed by atoms with Crippen molar-refractivity contribution in [2.75, 3.05) is 13.1 Å².